The van der Waals surface area contributed by atoms with Gasteiger partial charge in [-0.1, -0.05) is 0 Å². The first-order chi connectivity index (χ1) is 18.0. The Morgan fingerprint density at radius 1 is 1.05 bits per heavy atom. The highest BCUT2D eigenvalue weighted by atomic mass is 19.1. The fourth-order valence-electron chi connectivity index (χ4n) is 3.66. The molecule has 0 fully saturated rings. The van der Waals surface area contributed by atoms with Gasteiger partial charge in [0.15, 0.2) is 0 Å². The number of benzene rings is 2. The van der Waals surface area contributed by atoms with Gasteiger partial charge in [0.2, 0.25) is 5.95 Å². The number of ether oxygens (including phenoxy) is 2. The fourth-order valence-corrected chi connectivity index (χ4v) is 3.66. The maximum absolute atomic E-state index is 14.7. The number of carbonyl (C=O) groups is 1. The number of anilines is 3. The molecule has 0 unspecified atom stereocenters. The molecule has 0 saturated heterocycles. The third-order valence-electron chi connectivity index (χ3n) is 5.63. The van der Waals surface area contributed by atoms with E-state index >= 15 is 0 Å². The lowest BCUT2D eigenvalue weighted by Crippen LogP contribution is -2.23. The zero-order valence-corrected chi connectivity index (χ0v) is 20.9. The van der Waals surface area contributed by atoms with Gasteiger partial charge in [0, 0.05) is 49.4 Å². The first-order valence-corrected chi connectivity index (χ1v) is 11.8. The van der Waals surface area contributed by atoms with Crippen LogP contribution in [-0.4, -0.2) is 54.9 Å². The van der Waals surface area contributed by atoms with Crippen molar-refractivity contribution in [1.29, 1.82) is 0 Å². The van der Waals surface area contributed by atoms with Crippen molar-refractivity contribution in [3.63, 3.8) is 0 Å². The molecular formula is C27H29FN6O3. The number of likely N-dealkylation sites (N-methyl/N-ethyl adjacent to an activating group) is 1. The second-order valence-corrected chi connectivity index (χ2v) is 8.14. The molecule has 4 aromatic rings. The van der Waals surface area contributed by atoms with Crippen LogP contribution in [0.2, 0.25) is 0 Å². The number of halogens is 1. The number of methoxy groups -OCH3 is 1. The van der Waals surface area contributed by atoms with Crippen LogP contribution in [0.1, 0.15) is 6.92 Å². The summed E-state index contributed by atoms with van der Waals surface area (Å²) in [7, 11) is 3.48. The number of H-pyrrole nitrogens is 1. The third-order valence-corrected chi connectivity index (χ3v) is 5.63. The Labute approximate surface area is 214 Å². The van der Waals surface area contributed by atoms with E-state index in [1.807, 2.05) is 31.0 Å². The van der Waals surface area contributed by atoms with Crippen LogP contribution >= 0.6 is 0 Å². The van der Waals surface area contributed by atoms with Gasteiger partial charge < -0.3 is 30.0 Å². The Kier molecular flexibility index (Phi) is 8.32. The maximum Gasteiger partial charge on any atom is 0.323 e. The topological polar surface area (TPSA) is 104 Å². The molecule has 0 aliphatic rings. The first kappa shape index (κ1) is 25.6. The summed E-state index contributed by atoms with van der Waals surface area (Å²) in [4.78, 5) is 26.8. The molecule has 10 heteroatoms. The summed E-state index contributed by atoms with van der Waals surface area (Å²) in [5.41, 5.74) is 3.44. The van der Waals surface area contributed by atoms with Crippen molar-refractivity contribution in [2.24, 2.45) is 0 Å². The lowest BCUT2D eigenvalue weighted by molar-refractivity contribution is 0.154. The average molecular weight is 505 g/mol. The molecule has 0 saturated carbocycles. The van der Waals surface area contributed by atoms with E-state index in [0.717, 1.165) is 11.3 Å². The molecule has 0 aliphatic heterocycles. The lowest BCUT2D eigenvalue weighted by Gasteiger charge is -2.15. The standard InChI is InChI=1S/C27H29FN6O3/c1-4-37-16-15-34(2)26-32-24(18-11-13-29-14-12-18)25(33-26)19-5-10-22(28)23(17-19)31-27(35)30-20-6-8-21(36-3)9-7-20/h5-14,17H,4,15-16H2,1-3H3,(H,32,33)(H2,30,31,35). The second kappa shape index (κ2) is 12.0. The summed E-state index contributed by atoms with van der Waals surface area (Å²) >= 11 is 0. The molecule has 0 radical (unpaired) electrons. The molecule has 0 atom stereocenters. The minimum absolute atomic E-state index is 0.0263. The number of amides is 2. The lowest BCUT2D eigenvalue weighted by atomic mass is 10.1. The van der Waals surface area contributed by atoms with Crippen LogP contribution < -0.4 is 20.3 Å². The Hall–Kier alpha value is -4.44. The van der Waals surface area contributed by atoms with Crippen molar-refractivity contribution < 1.29 is 18.7 Å². The van der Waals surface area contributed by atoms with Crippen LogP contribution in [-0.2, 0) is 4.74 Å². The Morgan fingerprint density at radius 3 is 2.51 bits per heavy atom. The predicted octanol–water partition coefficient (Wildman–Crippen LogP) is 5.40. The number of carbonyl (C=O) groups excluding carboxylic acids is 1. The van der Waals surface area contributed by atoms with E-state index in [9.17, 15) is 9.18 Å². The molecule has 9 nitrogen and oxygen atoms in total. The van der Waals surface area contributed by atoms with Gasteiger partial charge in [0.1, 0.15) is 11.6 Å². The molecule has 37 heavy (non-hydrogen) atoms. The van der Waals surface area contributed by atoms with Crippen molar-refractivity contribution in [3.05, 3.63) is 72.8 Å². The number of aromatic nitrogens is 3. The normalized spacial score (nSPS) is 10.7. The van der Waals surface area contributed by atoms with Gasteiger partial charge in [0.25, 0.3) is 0 Å². The van der Waals surface area contributed by atoms with Crippen molar-refractivity contribution in [1.82, 2.24) is 15.0 Å². The first-order valence-electron chi connectivity index (χ1n) is 11.8. The quantitative estimate of drug-likeness (QED) is 0.250. The van der Waals surface area contributed by atoms with Gasteiger partial charge in [-0.15, -0.1) is 0 Å². The van der Waals surface area contributed by atoms with Crippen LogP contribution in [0, 0.1) is 5.82 Å². The molecule has 2 heterocycles. The van der Waals surface area contributed by atoms with Crippen molar-refractivity contribution in [3.8, 4) is 28.3 Å². The van der Waals surface area contributed by atoms with Crippen LogP contribution in [0.3, 0.4) is 0 Å². The number of urea groups is 1. The zero-order valence-electron chi connectivity index (χ0n) is 20.9. The van der Waals surface area contributed by atoms with Crippen LogP contribution in [0.4, 0.5) is 26.5 Å². The predicted molar refractivity (Wildman–Crippen MR) is 143 cm³/mol. The monoisotopic (exact) mass is 504 g/mol. The molecule has 4 rings (SSSR count). The van der Waals surface area contributed by atoms with E-state index < -0.39 is 11.8 Å². The third kappa shape index (κ3) is 6.42. The number of aromatic amines is 1. The molecule has 3 N–H and O–H groups in total. The second-order valence-electron chi connectivity index (χ2n) is 8.14. The highest BCUT2D eigenvalue weighted by molar-refractivity contribution is 6.00. The largest absolute Gasteiger partial charge is 0.497 e. The van der Waals surface area contributed by atoms with Gasteiger partial charge in [-0.25, -0.2) is 14.2 Å². The number of nitrogens with one attached hydrogen (secondary N) is 3. The fraction of sp³-hybridized carbons (Fsp3) is 0.222. The highest BCUT2D eigenvalue weighted by Gasteiger charge is 2.18. The van der Waals surface area contributed by atoms with Crippen molar-refractivity contribution >= 4 is 23.4 Å². The average Bonchev–Trinajstić information content (AvgIpc) is 3.37. The molecule has 2 aromatic heterocycles. The van der Waals surface area contributed by atoms with E-state index in [-0.39, 0.29) is 5.69 Å². The van der Waals surface area contributed by atoms with Gasteiger partial charge in [-0.3, -0.25) is 4.98 Å². The molecule has 0 aliphatic carbocycles. The summed E-state index contributed by atoms with van der Waals surface area (Å²) in [6.07, 6.45) is 3.39. The Bertz CT molecular complexity index is 1330. The molecular weight excluding hydrogens is 475 g/mol. The van der Waals surface area contributed by atoms with Gasteiger partial charge in [0.05, 0.1) is 30.8 Å². The molecule has 2 amide bonds. The number of pyridine rings is 1. The summed E-state index contributed by atoms with van der Waals surface area (Å²) in [5.74, 6) is 0.734. The molecule has 192 valence electrons. The Balaban J connectivity index is 1.61. The molecule has 2 aromatic carbocycles. The van der Waals surface area contributed by atoms with Gasteiger partial charge in [-0.2, -0.15) is 0 Å². The minimum atomic E-state index is -0.575. The summed E-state index contributed by atoms with van der Waals surface area (Å²) in [6, 6.07) is 14.5. The van der Waals surface area contributed by atoms with E-state index in [1.54, 1.807) is 55.9 Å². The van der Waals surface area contributed by atoms with Gasteiger partial charge in [-0.05, 0) is 61.5 Å². The SMILES string of the molecule is CCOCCN(C)c1nc(-c2ccc(F)c(NC(=O)Nc3ccc(OC)cc3)c2)c(-c2ccncc2)[nH]1. The molecule has 0 bridgehead atoms. The maximum atomic E-state index is 14.7. The summed E-state index contributed by atoms with van der Waals surface area (Å²) < 4.78 is 25.3. The van der Waals surface area contributed by atoms with Crippen LogP contribution in [0.5, 0.6) is 5.75 Å². The van der Waals surface area contributed by atoms with Crippen LogP contribution in [0.15, 0.2) is 67.0 Å². The van der Waals surface area contributed by atoms with E-state index in [0.29, 0.717) is 48.4 Å². The zero-order chi connectivity index (χ0) is 26.2. The number of hydrogen-bond acceptors (Lipinski definition) is 6. The van der Waals surface area contributed by atoms with Crippen molar-refractivity contribution in [2.45, 2.75) is 6.92 Å². The summed E-state index contributed by atoms with van der Waals surface area (Å²) in [5, 5.41) is 5.28. The van der Waals surface area contributed by atoms with E-state index in [4.69, 9.17) is 14.5 Å². The van der Waals surface area contributed by atoms with Crippen molar-refractivity contribution in [2.75, 3.05) is 49.4 Å². The van der Waals surface area contributed by atoms with Gasteiger partial charge >= 0.3 is 6.03 Å². The van der Waals surface area contributed by atoms with E-state index in [1.165, 1.54) is 6.07 Å². The minimum Gasteiger partial charge on any atom is -0.497 e. The smallest absolute Gasteiger partial charge is 0.323 e. The van der Waals surface area contributed by atoms with Crippen LogP contribution in [0.25, 0.3) is 22.5 Å². The number of rotatable bonds is 10. The number of nitrogens with zero attached hydrogens (tertiary/aromatic N) is 3. The number of imidazole rings is 1. The molecule has 0 spiro atoms. The summed E-state index contributed by atoms with van der Waals surface area (Å²) in [6.45, 7) is 3.78. The number of hydrogen-bond donors (Lipinski definition) is 3. The Morgan fingerprint density at radius 2 is 1.81 bits per heavy atom. The van der Waals surface area contributed by atoms with E-state index in [2.05, 4.69) is 20.6 Å². The highest BCUT2D eigenvalue weighted by Crippen LogP contribution is 2.34.